The molecular weight excluding hydrogens is 311 g/mol. The predicted molar refractivity (Wildman–Crippen MR) is 83.2 cm³/mol. The molecule has 1 aromatic carbocycles. The van der Waals surface area contributed by atoms with Crippen LogP contribution >= 0.6 is 27.7 Å². The zero-order valence-corrected chi connectivity index (χ0v) is 13.2. The minimum atomic E-state index is -0.0859. The summed E-state index contributed by atoms with van der Waals surface area (Å²) < 4.78 is 13.3. The van der Waals surface area contributed by atoms with Crippen molar-refractivity contribution in [2.75, 3.05) is 11.1 Å². The van der Waals surface area contributed by atoms with Crippen LogP contribution < -0.4 is 0 Å². The SMILES string of the molecule is Fc1ccccc1SCCCCCCCCCBr. The third-order valence-electron chi connectivity index (χ3n) is 2.87. The Morgan fingerprint density at radius 3 is 2.17 bits per heavy atom. The summed E-state index contributed by atoms with van der Waals surface area (Å²) in [4.78, 5) is 0.787. The molecule has 0 radical (unpaired) electrons. The summed E-state index contributed by atoms with van der Waals surface area (Å²) in [6.07, 6.45) is 9.12. The minimum Gasteiger partial charge on any atom is -0.206 e. The molecule has 1 aromatic rings. The van der Waals surface area contributed by atoms with Crippen molar-refractivity contribution in [3.8, 4) is 0 Å². The molecule has 0 N–H and O–H groups in total. The highest BCUT2D eigenvalue weighted by molar-refractivity contribution is 9.09. The molecule has 0 spiro atoms. The van der Waals surface area contributed by atoms with Gasteiger partial charge in [-0.05, 0) is 30.7 Å². The molecule has 0 amide bonds. The van der Waals surface area contributed by atoms with Crippen LogP contribution in [-0.2, 0) is 0 Å². The van der Waals surface area contributed by atoms with Crippen LogP contribution in [0.25, 0.3) is 0 Å². The van der Waals surface area contributed by atoms with E-state index in [2.05, 4.69) is 15.9 Å². The van der Waals surface area contributed by atoms with Crippen LogP contribution in [0, 0.1) is 5.82 Å². The van der Waals surface area contributed by atoms with Crippen LogP contribution in [0.15, 0.2) is 29.2 Å². The summed E-state index contributed by atoms with van der Waals surface area (Å²) in [5, 5.41) is 1.13. The van der Waals surface area contributed by atoms with Gasteiger partial charge in [0.25, 0.3) is 0 Å². The molecule has 1 rings (SSSR count). The Kier molecular flexibility index (Phi) is 9.68. The van der Waals surface area contributed by atoms with E-state index >= 15 is 0 Å². The maximum atomic E-state index is 13.3. The lowest BCUT2D eigenvalue weighted by Gasteiger charge is -2.03. The van der Waals surface area contributed by atoms with Crippen molar-refractivity contribution in [3.05, 3.63) is 30.1 Å². The van der Waals surface area contributed by atoms with E-state index in [1.807, 2.05) is 12.1 Å². The van der Waals surface area contributed by atoms with Crippen LogP contribution in [-0.4, -0.2) is 11.1 Å². The van der Waals surface area contributed by atoms with Crippen molar-refractivity contribution in [3.63, 3.8) is 0 Å². The molecule has 0 saturated heterocycles. The van der Waals surface area contributed by atoms with Crippen LogP contribution in [0.2, 0.25) is 0 Å². The third kappa shape index (κ3) is 7.42. The van der Waals surface area contributed by atoms with Gasteiger partial charge < -0.3 is 0 Å². The zero-order valence-electron chi connectivity index (χ0n) is 10.8. The molecule has 102 valence electrons. The van der Waals surface area contributed by atoms with Crippen LogP contribution in [0.5, 0.6) is 0 Å². The maximum Gasteiger partial charge on any atom is 0.136 e. The van der Waals surface area contributed by atoms with Crippen molar-refractivity contribution in [1.29, 1.82) is 0 Å². The summed E-state index contributed by atoms with van der Waals surface area (Å²) in [7, 11) is 0. The van der Waals surface area contributed by atoms with Gasteiger partial charge in [-0.1, -0.05) is 60.2 Å². The Morgan fingerprint density at radius 1 is 0.889 bits per heavy atom. The summed E-state index contributed by atoms with van der Waals surface area (Å²) in [6, 6.07) is 7.04. The number of hydrogen-bond donors (Lipinski definition) is 0. The highest BCUT2D eigenvalue weighted by Gasteiger charge is 2.00. The van der Waals surface area contributed by atoms with Gasteiger partial charge in [-0.2, -0.15) is 0 Å². The molecular formula is C15H22BrFS. The number of halogens is 2. The van der Waals surface area contributed by atoms with E-state index in [0.29, 0.717) is 0 Å². The summed E-state index contributed by atoms with van der Waals surface area (Å²) in [5.74, 6) is 0.944. The first kappa shape index (κ1) is 16.0. The van der Waals surface area contributed by atoms with Crippen molar-refractivity contribution < 1.29 is 4.39 Å². The first-order valence-corrected chi connectivity index (χ1v) is 8.88. The van der Waals surface area contributed by atoms with Crippen molar-refractivity contribution in [2.24, 2.45) is 0 Å². The molecule has 18 heavy (non-hydrogen) atoms. The smallest absolute Gasteiger partial charge is 0.136 e. The molecule has 0 aliphatic carbocycles. The monoisotopic (exact) mass is 332 g/mol. The topological polar surface area (TPSA) is 0 Å². The van der Waals surface area contributed by atoms with Crippen LogP contribution in [0.4, 0.5) is 4.39 Å². The number of thioether (sulfide) groups is 1. The van der Waals surface area contributed by atoms with Crippen molar-refractivity contribution in [1.82, 2.24) is 0 Å². The minimum absolute atomic E-state index is 0.0859. The lowest BCUT2D eigenvalue weighted by Crippen LogP contribution is -1.85. The van der Waals surface area contributed by atoms with Gasteiger partial charge in [0.2, 0.25) is 0 Å². The summed E-state index contributed by atoms with van der Waals surface area (Å²) in [5.41, 5.74) is 0. The lowest BCUT2D eigenvalue weighted by atomic mass is 10.1. The van der Waals surface area contributed by atoms with Crippen LogP contribution in [0.3, 0.4) is 0 Å². The third-order valence-corrected chi connectivity index (χ3v) is 4.57. The van der Waals surface area contributed by atoms with Crippen LogP contribution in [0.1, 0.15) is 44.9 Å². The fraction of sp³-hybridized carbons (Fsp3) is 0.600. The average molecular weight is 333 g/mol. The highest BCUT2D eigenvalue weighted by Crippen LogP contribution is 2.22. The highest BCUT2D eigenvalue weighted by atomic mass is 79.9. The standard InChI is InChI=1S/C15H22BrFS/c16-12-8-4-2-1-3-5-9-13-18-15-11-7-6-10-14(15)17/h6-7,10-11H,1-5,8-9,12-13H2. The second-order valence-corrected chi connectivity index (χ2v) is 6.37. The molecule has 0 saturated carbocycles. The quantitative estimate of drug-likeness (QED) is 0.286. The molecule has 0 nitrogen and oxygen atoms in total. The van der Waals surface area contributed by atoms with Gasteiger partial charge in [-0.25, -0.2) is 4.39 Å². The Balaban J connectivity index is 1.94. The Bertz CT molecular complexity index is 317. The van der Waals surface area contributed by atoms with Gasteiger partial charge in [0, 0.05) is 10.2 Å². The van der Waals surface area contributed by atoms with Gasteiger partial charge in [-0.3, -0.25) is 0 Å². The number of hydrogen-bond acceptors (Lipinski definition) is 1. The number of alkyl halides is 1. The number of unbranched alkanes of at least 4 members (excludes halogenated alkanes) is 6. The zero-order chi connectivity index (χ0) is 13.1. The van der Waals surface area contributed by atoms with Crippen molar-refractivity contribution in [2.45, 2.75) is 49.8 Å². The van der Waals surface area contributed by atoms with E-state index in [0.717, 1.165) is 16.0 Å². The van der Waals surface area contributed by atoms with E-state index < -0.39 is 0 Å². The lowest BCUT2D eigenvalue weighted by molar-refractivity contribution is 0.599. The molecule has 0 fully saturated rings. The van der Waals surface area contributed by atoms with Gasteiger partial charge in [0.1, 0.15) is 5.82 Å². The van der Waals surface area contributed by atoms with Gasteiger partial charge in [0.05, 0.1) is 0 Å². The molecule has 3 heteroatoms. The van der Waals surface area contributed by atoms with E-state index in [-0.39, 0.29) is 5.82 Å². The first-order valence-electron chi connectivity index (χ1n) is 6.78. The summed E-state index contributed by atoms with van der Waals surface area (Å²) >= 11 is 5.09. The Labute approximate surface area is 123 Å². The van der Waals surface area contributed by atoms with Gasteiger partial charge >= 0.3 is 0 Å². The summed E-state index contributed by atoms with van der Waals surface area (Å²) in [6.45, 7) is 0. The largest absolute Gasteiger partial charge is 0.206 e. The van der Waals surface area contributed by atoms with E-state index in [1.165, 1.54) is 51.0 Å². The molecule has 0 unspecified atom stereocenters. The molecule has 0 aliphatic rings. The van der Waals surface area contributed by atoms with Crippen molar-refractivity contribution >= 4 is 27.7 Å². The van der Waals surface area contributed by atoms with E-state index in [4.69, 9.17) is 0 Å². The van der Waals surface area contributed by atoms with E-state index in [1.54, 1.807) is 17.8 Å². The number of benzene rings is 1. The predicted octanol–water partition coefficient (Wildman–Crippen LogP) is 6.04. The average Bonchev–Trinajstić information content (AvgIpc) is 2.39. The van der Waals surface area contributed by atoms with E-state index in [9.17, 15) is 4.39 Å². The molecule has 0 heterocycles. The fourth-order valence-electron chi connectivity index (χ4n) is 1.82. The fourth-order valence-corrected chi connectivity index (χ4v) is 3.17. The number of rotatable bonds is 10. The Morgan fingerprint density at radius 2 is 1.50 bits per heavy atom. The second kappa shape index (κ2) is 10.9. The molecule has 0 aliphatic heterocycles. The first-order chi connectivity index (χ1) is 8.84. The second-order valence-electron chi connectivity index (χ2n) is 4.44. The molecule has 0 atom stereocenters. The molecule has 0 bridgehead atoms. The maximum absolute atomic E-state index is 13.3. The molecule has 0 aromatic heterocycles. The Hall–Kier alpha value is -0.0200. The van der Waals surface area contributed by atoms with Gasteiger partial charge in [-0.15, -0.1) is 11.8 Å². The van der Waals surface area contributed by atoms with Gasteiger partial charge in [0.15, 0.2) is 0 Å². The normalized spacial score (nSPS) is 10.8.